The van der Waals surface area contributed by atoms with Crippen molar-refractivity contribution in [1.29, 1.82) is 0 Å². The lowest BCUT2D eigenvalue weighted by molar-refractivity contribution is 0.0474. The van der Waals surface area contributed by atoms with Crippen molar-refractivity contribution in [3.05, 3.63) is 77.1 Å². The molecule has 0 atom stereocenters. The number of ketones is 1. The van der Waals surface area contributed by atoms with E-state index in [-0.39, 0.29) is 27.6 Å². The Hall–Kier alpha value is -2.55. The molecule has 0 bridgehead atoms. The zero-order chi connectivity index (χ0) is 20.0. The van der Waals surface area contributed by atoms with E-state index in [1.807, 2.05) is 0 Å². The number of halogens is 2. The Morgan fingerprint density at radius 1 is 1.19 bits per heavy atom. The van der Waals surface area contributed by atoms with Gasteiger partial charge in [-0.15, -0.1) is 6.58 Å². The van der Waals surface area contributed by atoms with Gasteiger partial charge in [-0.05, 0) is 30.3 Å². The van der Waals surface area contributed by atoms with E-state index in [9.17, 15) is 22.4 Å². The summed E-state index contributed by atoms with van der Waals surface area (Å²) in [7, 11) is -3.96. The molecule has 0 amide bonds. The maximum absolute atomic E-state index is 13.1. The molecular weight excluding hydrogens is 397 g/mol. The number of carbonyl (C=O) groups excluding carboxylic acids is 2. The number of sulfonamides is 1. The second-order valence-electron chi connectivity index (χ2n) is 5.30. The van der Waals surface area contributed by atoms with Crippen molar-refractivity contribution >= 4 is 33.4 Å². The lowest BCUT2D eigenvalue weighted by Crippen LogP contribution is -2.24. The van der Waals surface area contributed by atoms with Crippen molar-refractivity contribution in [2.45, 2.75) is 4.90 Å². The first-order valence-electron chi connectivity index (χ1n) is 7.60. The molecule has 2 aromatic rings. The third-order valence-electron chi connectivity index (χ3n) is 3.36. The van der Waals surface area contributed by atoms with Gasteiger partial charge in [0.2, 0.25) is 10.0 Å². The Balaban J connectivity index is 2.14. The minimum absolute atomic E-state index is 0.0184. The highest BCUT2D eigenvalue weighted by atomic mass is 35.5. The van der Waals surface area contributed by atoms with E-state index in [2.05, 4.69) is 11.3 Å². The van der Waals surface area contributed by atoms with Gasteiger partial charge < -0.3 is 4.74 Å². The van der Waals surface area contributed by atoms with Gasteiger partial charge in [0.1, 0.15) is 10.7 Å². The van der Waals surface area contributed by atoms with Crippen molar-refractivity contribution in [3.8, 4) is 0 Å². The van der Waals surface area contributed by atoms with E-state index < -0.39 is 34.2 Å². The summed E-state index contributed by atoms with van der Waals surface area (Å²) in [5.74, 6) is -2.11. The number of ether oxygens (including phenoxy) is 1. The maximum Gasteiger partial charge on any atom is 0.338 e. The van der Waals surface area contributed by atoms with Gasteiger partial charge in [0.15, 0.2) is 12.4 Å². The van der Waals surface area contributed by atoms with Crippen LogP contribution in [0.1, 0.15) is 20.7 Å². The number of rotatable bonds is 8. The molecule has 0 fully saturated rings. The van der Waals surface area contributed by atoms with Crippen LogP contribution in [0.25, 0.3) is 0 Å². The second-order valence-corrected chi connectivity index (χ2v) is 7.44. The minimum Gasteiger partial charge on any atom is -0.454 e. The van der Waals surface area contributed by atoms with E-state index in [0.29, 0.717) is 0 Å². The zero-order valence-corrected chi connectivity index (χ0v) is 15.5. The smallest absolute Gasteiger partial charge is 0.338 e. The van der Waals surface area contributed by atoms with Crippen molar-refractivity contribution in [2.24, 2.45) is 0 Å². The molecule has 0 aliphatic carbocycles. The number of Topliss-reactive ketones (excluding diaryl/α,β-unsaturated/α-hetero) is 1. The van der Waals surface area contributed by atoms with E-state index in [4.69, 9.17) is 16.3 Å². The maximum atomic E-state index is 13.1. The monoisotopic (exact) mass is 411 g/mol. The Morgan fingerprint density at radius 2 is 1.93 bits per heavy atom. The molecule has 0 aliphatic heterocycles. The first-order chi connectivity index (χ1) is 12.7. The van der Waals surface area contributed by atoms with Gasteiger partial charge in [0.25, 0.3) is 0 Å². The molecule has 0 heterocycles. The van der Waals surface area contributed by atoms with Crippen molar-refractivity contribution in [1.82, 2.24) is 4.72 Å². The molecule has 0 radical (unpaired) electrons. The fraction of sp³-hybridized carbons (Fsp3) is 0.111. The first-order valence-corrected chi connectivity index (χ1v) is 9.46. The van der Waals surface area contributed by atoms with Crippen molar-refractivity contribution in [2.75, 3.05) is 13.2 Å². The SMILES string of the molecule is C=CCNS(=O)(=O)c1cc(C(=O)OCC(=O)c2cccc(F)c2)ccc1Cl. The number of carbonyl (C=O) groups is 2. The average Bonchev–Trinajstić information content (AvgIpc) is 2.64. The summed E-state index contributed by atoms with van der Waals surface area (Å²) in [6.07, 6.45) is 1.35. The number of hydrogen-bond donors (Lipinski definition) is 1. The fourth-order valence-electron chi connectivity index (χ4n) is 2.04. The number of nitrogens with one attached hydrogen (secondary N) is 1. The minimum atomic E-state index is -3.96. The first kappa shape index (κ1) is 20.8. The van der Waals surface area contributed by atoms with Gasteiger partial charge in [-0.2, -0.15) is 0 Å². The second kappa shape index (κ2) is 8.90. The molecule has 0 unspecified atom stereocenters. The van der Waals surface area contributed by atoms with E-state index in [1.54, 1.807) is 0 Å². The summed E-state index contributed by atoms with van der Waals surface area (Å²) >= 11 is 5.90. The molecule has 2 rings (SSSR count). The summed E-state index contributed by atoms with van der Waals surface area (Å²) in [6, 6.07) is 8.49. The Kier molecular flexibility index (Phi) is 6.84. The molecule has 0 saturated carbocycles. The normalized spacial score (nSPS) is 11.0. The molecule has 0 saturated heterocycles. The molecule has 1 N–H and O–H groups in total. The van der Waals surface area contributed by atoms with Crippen LogP contribution in [0.15, 0.2) is 60.0 Å². The van der Waals surface area contributed by atoms with Crippen LogP contribution in [-0.2, 0) is 14.8 Å². The highest BCUT2D eigenvalue weighted by Gasteiger charge is 2.20. The molecule has 9 heteroatoms. The van der Waals surface area contributed by atoms with Gasteiger partial charge in [0.05, 0.1) is 10.6 Å². The Bertz CT molecular complexity index is 991. The molecule has 27 heavy (non-hydrogen) atoms. The van der Waals surface area contributed by atoms with Crippen LogP contribution in [-0.4, -0.2) is 33.3 Å². The quantitative estimate of drug-likeness (QED) is 0.410. The third-order valence-corrected chi connectivity index (χ3v) is 5.26. The summed E-state index contributed by atoms with van der Waals surface area (Å²) in [4.78, 5) is 23.8. The van der Waals surface area contributed by atoms with Gasteiger partial charge in [-0.1, -0.05) is 29.8 Å². The highest BCUT2D eigenvalue weighted by molar-refractivity contribution is 7.89. The van der Waals surface area contributed by atoms with Crippen LogP contribution in [0, 0.1) is 5.82 Å². The average molecular weight is 412 g/mol. The van der Waals surface area contributed by atoms with Gasteiger partial charge in [0, 0.05) is 12.1 Å². The Morgan fingerprint density at radius 3 is 2.59 bits per heavy atom. The van der Waals surface area contributed by atoms with Gasteiger partial charge in [-0.3, -0.25) is 4.79 Å². The van der Waals surface area contributed by atoms with E-state index >= 15 is 0 Å². The number of esters is 1. The van der Waals surface area contributed by atoms with E-state index in [0.717, 1.165) is 12.1 Å². The van der Waals surface area contributed by atoms with E-state index in [1.165, 1.54) is 36.4 Å². The zero-order valence-electron chi connectivity index (χ0n) is 13.9. The molecule has 0 aromatic heterocycles. The summed E-state index contributed by atoms with van der Waals surface area (Å²) in [5.41, 5.74) is -0.0544. The standard InChI is InChI=1S/C18H15ClFNO5S/c1-2-8-21-27(24,25)17-10-13(6-7-15(17)19)18(23)26-11-16(22)12-4-3-5-14(20)9-12/h2-7,9-10,21H,1,8,11H2. The predicted octanol–water partition coefficient (Wildman–Crippen LogP) is 2.98. The van der Waals surface area contributed by atoms with Crippen molar-refractivity contribution in [3.63, 3.8) is 0 Å². The third kappa shape index (κ3) is 5.46. The molecule has 142 valence electrons. The number of hydrogen-bond acceptors (Lipinski definition) is 5. The number of benzene rings is 2. The summed E-state index contributed by atoms with van der Waals surface area (Å²) in [6.45, 7) is 2.77. The van der Waals surface area contributed by atoms with Crippen molar-refractivity contribution < 1.29 is 27.1 Å². The summed E-state index contributed by atoms with van der Waals surface area (Å²) in [5, 5.41) is -0.0843. The topological polar surface area (TPSA) is 89.5 Å². The fourth-order valence-corrected chi connectivity index (χ4v) is 3.56. The van der Waals surface area contributed by atoms with Gasteiger partial charge in [-0.25, -0.2) is 22.3 Å². The van der Waals surface area contributed by atoms with Crippen LogP contribution in [0.3, 0.4) is 0 Å². The van der Waals surface area contributed by atoms with Crippen LogP contribution in [0.4, 0.5) is 4.39 Å². The predicted molar refractivity (Wildman–Crippen MR) is 97.9 cm³/mol. The molecule has 0 spiro atoms. The lowest BCUT2D eigenvalue weighted by atomic mass is 10.1. The van der Waals surface area contributed by atoms with Gasteiger partial charge >= 0.3 is 5.97 Å². The highest BCUT2D eigenvalue weighted by Crippen LogP contribution is 2.23. The van der Waals surface area contributed by atoms with Crippen LogP contribution < -0.4 is 4.72 Å². The molecule has 6 nitrogen and oxygen atoms in total. The van der Waals surface area contributed by atoms with Crippen LogP contribution in [0.5, 0.6) is 0 Å². The van der Waals surface area contributed by atoms with Crippen LogP contribution in [0.2, 0.25) is 5.02 Å². The molecule has 2 aromatic carbocycles. The largest absolute Gasteiger partial charge is 0.454 e. The molecule has 0 aliphatic rings. The Labute approximate surface area is 160 Å². The lowest BCUT2D eigenvalue weighted by Gasteiger charge is -2.09. The van der Waals surface area contributed by atoms with Crippen LogP contribution >= 0.6 is 11.6 Å². The molecular formula is C18H15ClFNO5S. The summed E-state index contributed by atoms with van der Waals surface area (Å²) < 4.78 is 44.6.